The van der Waals surface area contributed by atoms with E-state index in [2.05, 4.69) is 9.98 Å². The molecule has 0 bridgehead atoms. The van der Waals surface area contributed by atoms with E-state index in [4.69, 9.17) is 0 Å². The van der Waals surface area contributed by atoms with Crippen molar-refractivity contribution >= 4 is 23.1 Å². The Morgan fingerprint density at radius 2 is 2.08 bits per heavy atom. The summed E-state index contributed by atoms with van der Waals surface area (Å²) < 4.78 is 0.832. The number of nitrogens with zero attached hydrogens (tertiary/aromatic N) is 2. The van der Waals surface area contributed by atoms with Crippen molar-refractivity contribution in [2.24, 2.45) is 12.0 Å². The van der Waals surface area contributed by atoms with Crippen molar-refractivity contribution in [1.82, 2.24) is 14.5 Å². The summed E-state index contributed by atoms with van der Waals surface area (Å²) in [6.07, 6.45) is 2.79. The minimum Gasteiger partial charge on any atom is -0.494 e. The molecule has 0 unspecified atom stereocenters. The van der Waals surface area contributed by atoms with Gasteiger partial charge in [0.1, 0.15) is 5.56 Å². The van der Waals surface area contributed by atoms with Gasteiger partial charge in [-0.25, -0.2) is 9.59 Å². The average Bonchev–Trinajstić information content (AvgIpc) is 3.01. The van der Waals surface area contributed by atoms with E-state index in [0.29, 0.717) is 0 Å². The number of aromatic amines is 2. The molecule has 3 aromatic rings. The van der Waals surface area contributed by atoms with Crippen LogP contribution in [0, 0.1) is 0 Å². The van der Waals surface area contributed by atoms with Gasteiger partial charge in [0.25, 0.3) is 5.56 Å². The molecule has 4 N–H and O–H groups in total. The van der Waals surface area contributed by atoms with Crippen LogP contribution in [0.1, 0.15) is 11.1 Å². The van der Waals surface area contributed by atoms with Crippen LogP contribution in [-0.4, -0.2) is 43.0 Å². The SMILES string of the molecule is Cn1c(O)c(C=N[C@H](Cc2c[nH]c3ccccc23)C(=O)O)c(=O)[nH]c1=O. The topological polar surface area (TPSA) is 141 Å². The van der Waals surface area contributed by atoms with E-state index in [9.17, 15) is 24.6 Å². The molecule has 0 fully saturated rings. The van der Waals surface area contributed by atoms with Crippen LogP contribution in [0.25, 0.3) is 10.9 Å². The van der Waals surface area contributed by atoms with Gasteiger partial charge in [0.15, 0.2) is 6.04 Å². The molecule has 2 heterocycles. The first-order valence-corrected chi connectivity index (χ1v) is 7.71. The number of benzene rings is 1. The quantitative estimate of drug-likeness (QED) is 0.489. The fourth-order valence-electron chi connectivity index (χ4n) is 2.62. The molecule has 0 radical (unpaired) electrons. The zero-order valence-electron chi connectivity index (χ0n) is 13.8. The molecule has 26 heavy (non-hydrogen) atoms. The van der Waals surface area contributed by atoms with Gasteiger partial charge < -0.3 is 15.2 Å². The van der Waals surface area contributed by atoms with E-state index in [1.165, 1.54) is 7.05 Å². The maximum atomic E-state index is 11.8. The highest BCUT2D eigenvalue weighted by atomic mass is 16.4. The van der Waals surface area contributed by atoms with Crippen molar-refractivity contribution in [1.29, 1.82) is 0 Å². The predicted octanol–water partition coefficient (Wildman–Crippen LogP) is 0.375. The summed E-state index contributed by atoms with van der Waals surface area (Å²) in [6.45, 7) is 0. The van der Waals surface area contributed by atoms with Crippen LogP contribution in [0.5, 0.6) is 5.88 Å². The third-order valence-corrected chi connectivity index (χ3v) is 4.09. The summed E-state index contributed by atoms with van der Waals surface area (Å²) in [5.41, 5.74) is -0.257. The molecule has 0 amide bonds. The number of nitrogens with one attached hydrogen (secondary N) is 2. The number of aliphatic carboxylic acids is 1. The van der Waals surface area contributed by atoms with Crippen molar-refractivity contribution in [3.05, 3.63) is 62.4 Å². The first kappa shape index (κ1) is 17.2. The van der Waals surface area contributed by atoms with E-state index < -0.39 is 29.1 Å². The van der Waals surface area contributed by atoms with E-state index in [1.54, 1.807) is 6.20 Å². The number of H-pyrrole nitrogens is 2. The normalized spacial score (nSPS) is 12.7. The Balaban J connectivity index is 1.94. The lowest BCUT2D eigenvalue weighted by molar-refractivity contribution is -0.138. The van der Waals surface area contributed by atoms with Gasteiger partial charge in [0.05, 0.1) is 0 Å². The summed E-state index contributed by atoms with van der Waals surface area (Å²) in [4.78, 5) is 43.8. The number of hydrogen-bond donors (Lipinski definition) is 4. The number of rotatable bonds is 5. The second-order valence-corrected chi connectivity index (χ2v) is 5.75. The van der Waals surface area contributed by atoms with Crippen LogP contribution in [0.15, 0.2) is 45.0 Å². The summed E-state index contributed by atoms with van der Waals surface area (Å²) in [6, 6.07) is 6.29. The second kappa shape index (κ2) is 6.71. The minimum atomic E-state index is -1.17. The molecule has 9 nitrogen and oxygen atoms in total. The monoisotopic (exact) mass is 356 g/mol. The third-order valence-electron chi connectivity index (χ3n) is 4.09. The van der Waals surface area contributed by atoms with Crippen molar-refractivity contribution in [2.75, 3.05) is 0 Å². The molecule has 0 saturated carbocycles. The molecular formula is C17H16N4O5. The number of carboxylic acid groups (broad SMARTS) is 1. The lowest BCUT2D eigenvalue weighted by atomic mass is 10.1. The highest BCUT2D eigenvalue weighted by Gasteiger charge is 2.19. The van der Waals surface area contributed by atoms with Crippen LogP contribution < -0.4 is 11.2 Å². The number of carboxylic acids is 1. The van der Waals surface area contributed by atoms with E-state index in [1.807, 2.05) is 29.2 Å². The molecule has 3 rings (SSSR count). The van der Waals surface area contributed by atoms with Crippen LogP contribution in [0.4, 0.5) is 0 Å². The molecule has 134 valence electrons. The number of aromatic hydroxyl groups is 1. The molecule has 0 spiro atoms. The van der Waals surface area contributed by atoms with Gasteiger partial charge >= 0.3 is 11.7 Å². The highest BCUT2D eigenvalue weighted by Crippen LogP contribution is 2.20. The average molecular weight is 356 g/mol. The van der Waals surface area contributed by atoms with Crippen molar-refractivity contribution in [3.63, 3.8) is 0 Å². The Hall–Kier alpha value is -3.62. The van der Waals surface area contributed by atoms with Gasteiger partial charge in [-0.3, -0.25) is 19.3 Å². The lowest BCUT2D eigenvalue weighted by Gasteiger charge is -2.07. The van der Waals surface area contributed by atoms with E-state index in [0.717, 1.165) is 27.2 Å². The van der Waals surface area contributed by atoms with Gasteiger partial charge in [0, 0.05) is 36.8 Å². The predicted molar refractivity (Wildman–Crippen MR) is 95.0 cm³/mol. The Bertz CT molecular complexity index is 1120. The Labute approximate surface area is 146 Å². The van der Waals surface area contributed by atoms with Crippen molar-refractivity contribution in [3.8, 4) is 5.88 Å². The van der Waals surface area contributed by atoms with Crippen molar-refractivity contribution < 1.29 is 15.0 Å². The first-order valence-electron chi connectivity index (χ1n) is 7.71. The molecule has 9 heteroatoms. The maximum absolute atomic E-state index is 11.8. The number of carbonyl (C=O) groups is 1. The summed E-state index contributed by atoms with van der Waals surface area (Å²) in [5, 5.41) is 20.2. The summed E-state index contributed by atoms with van der Waals surface area (Å²) in [5.74, 6) is -1.76. The smallest absolute Gasteiger partial charge is 0.330 e. The fraction of sp³-hybridized carbons (Fsp3) is 0.176. The second-order valence-electron chi connectivity index (χ2n) is 5.75. The molecule has 0 aliphatic heterocycles. The first-order chi connectivity index (χ1) is 12.4. The summed E-state index contributed by atoms with van der Waals surface area (Å²) in [7, 11) is 1.27. The van der Waals surface area contributed by atoms with Crippen LogP contribution in [0.3, 0.4) is 0 Å². The zero-order valence-corrected chi connectivity index (χ0v) is 13.8. The van der Waals surface area contributed by atoms with Gasteiger partial charge in [-0.2, -0.15) is 0 Å². The zero-order chi connectivity index (χ0) is 18.8. The van der Waals surface area contributed by atoms with E-state index in [-0.39, 0.29) is 12.0 Å². The molecule has 1 aromatic carbocycles. The van der Waals surface area contributed by atoms with Crippen molar-refractivity contribution in [2.45, 2.75) is 12.5 Å². The molecule has 1 atom stereocenters. The number of aliphatic imine (C=N–C) groups is 1. The van der Waals surface area contributed by atoms with Gasteiger partial charge in [0.2, 0.25) is 5.88 Å². The molecule has 0 aliphatic carbocycles. The van der Waals surface area contributed by atoms with Gasteiger partial charge in [-0.1, -0.05) is 18.2 Å². The van der Waals surface area contributed by atoms with Crippen LogP contribution in [-0.2, 0) is 18.3 Å². The Kier molecular flexibility index (Phi) is 4.44. The molecule has 0 saturated heterocycles. The lowest BCUT2D eigenvalue weighted by Crippen LogP contribution is -2.31. The van der Waals surface area contributed by atoms with Gasteiger partial charge in [-0.15, -0.1) is 0 Å². The van der Waals surface area contributed by atoms with Crippen LogP contribution >= 0.6 is 0 Å². The molecule has 2 aromatic heterocycles. The number of fused-ring (bicyclic) bond motifs is 1. The largest absolute Gasteiger partial charge is 0.494 e. The van der Waals surface area contributed by atoms with Gasteiger partial charge in [-0.05, 0) is 11.6 Å². The van der Waals surface area contributed by atoms with E-state index >= 15 is 0 Å². The molecule has 0 aliphatic rings. The highest BCUT2D eigenvalue weighted by molar-refractivity contribution is 5.87. The van der Waals surface area contributed by atoms with Crippen LogP contribution in [0.2, 0.25) is 0 Å². The Morgan fingerprint density at radius 3 is 2.81 bits per heavy atom. The maximum Gasteiger partial charge on any atom is 0.330 e. The molecular weight excluding hydrogens is 340 g/mol. The fourth-order valence-corrected chi connectivity index (χ4v) is 2.62. The minimum absolute atomic E-state index is 0.0975. The third kappa shape index (κ3) is 3.14. The number of hydrogen-bond acceptors (Lipinski definition) is 5. The standard InChI is InChI=1S/C17H16N4O5/c1-21-15(23)11(14(22)20-17(21)26)8-19-13(16(24)25)6-9-7-18-12-5-3-2-4-10(9)12/h2-5,7-8,13,18,23H,6H2,1H3,(H,24,25)(H,20,22,26)/t13-/m1/s1. The summed E-state index contributed by atoms with van der Waals surface area (Å²) >= 11 is 0. The number of para-hydroxylation sites is 1. The number of aromatic nitrogens is 3. The Morgan fingerprint density at radius 1 is 1.35 bits per heavy atom.